The molecule has 2 aromatic carbocycles. The van der Waals surface area contributed by atoms with E-state index in [2.05, 4.69) is 61.6 Å². The van der Waals surface area contributed by atoms with Gasteiger partial charge in [0.25, 0.3) is 0 Å². The summed E-state index contributed by atoms with van der Waals surface area (Å²) < 4.78 is 0. The third-order valence-electron chi connectivity index (χ3n) is 3.04. The maximum Gasteiger partial charge on any atom is 0.0529 e. The van der Waals surface area contributed by atoms with E-state index < -0.39 is 0 Å². The molecule has 0 unspecified atom stereocenters. The SMILES string of the molecule is CC(C)c1cccc2c1Sc1ccccc1N2. The maximum atomic E-state index is 3.51. The highest BCUT2D eigenvalue weighted by Crippen LogP contribution is 2.46. The van der Waals surface area contributed by atoms with Gasteiger partial charge in [0.15, 0.2) is 0 Å². The number of para-hydroxylation sites is 1. The Bertz CT molecular complexity index is 561. The largest absolute Gasteiger partial charge is 0.354 e. The summed E-state index contributed by atoms with van der Waals surface area (Å²) in [6, 6.07) is 15.0. The molecule has 0 fully saturated rings. The van der Waals surface area contributed by atoms with Gasteiger partial charge in [-0.15, -0.1) is 0 Å². The van der Waals surface area contributed by atoms with Gasteiger partial charge in [-0.1, -0.05) is 49.9 Å². The predicted octanol–water partition coefficient (Wildman–Crippen LogP) is 5.02. The zero-order valence-electron chi connectivity index (χ0n) is 10.0. The van der Waals surface area contributed by atoms with Crippen LogP contribution in [0.5, 0.6) is 0 Å². The van der Waals surface area contributed by atoms with Crippen LogP contribution in [0.3, 0.4) is 0 Å². The van der Waals surface area contributed by atoms with Gasteiger partial charge in [-0.2, -0.15) is 0 Å². The Morgan fingerprint density at radius 1 is 0.941 bits per heavy atom. The van der Waals surface area contributed by atoms with E-state index in [1.54, 1.807) is 0 Å². The molecular formula is C15H15NS. The first-order valence-corrected chi connectivity index (χ1v) is 6.74. The number of hydrogen-bond donors (Lipinski definition) is 1. The van der Waals surface area contributed by atoms with Crippen molar-refractivity contribution in [1.29, 1.82) is 0 Å². The molecule has 0 amide bonds. The fourth-order valence-corrected chi connectivity index (χ4v) is 3.38. The van der Waals surface area contributed by atoms with Gasteiger partial charge in [-0.25, -0.2) is 0 Å². The topological polar surface area (TPSA) is 12.0 Å². The molecule has 2 aromatic rings. The molecule has 17 heavy (non-hydrogen) atoms. The highest BCUT2D eigenvalue weighted by molar-refractivity contribution is 7.99. The Kier molecular flexibility index (Phi) is 2.60. The van der Waals surface area contributed by atoms with E-state index in [0.29, 0.717) is 5.92 Å². The monoisotopic (exact) mass is 241 g/mol. The second-order valence-electron chi connectivity index (χ2n) is 4.60. The lowest BCUT2D eigenvalue weighted by atomic mass is 10.0. The minimum Gasteiger partial charge on any atom is -0.354 e. The molecule has 1 nitrogen and oxygen atoms in total. The zero-order chi connectivity index (χ0) is 11.8. The zero-order valence-corrected chi connectivity index (χ0v) is 10.8. The summed E-state index contributed by atoms with van der Waals surface area (Å²) in [5, 5.41) is 3.51. The molecule has 1 heterocycles. The molecule has 1 aliphatic heterocycles. The Hall–Kier alpha value is -1.41. The average molecular weight is 241 g/mol. The Morgan fingerprint density at radius 3 is 2.53 bits per heavy atom. The van der Waals surface area contributed by atoms with Gasteiger partial charge in [0.1, 0.15) is 0 Å². The van der Waals surface area contributed by atoms with E-state index in [1.165, 1.54) is 26.7 Å². The van der Waals surface area contributed by atoms with Crippen molar-refractivity contribution in [1.82, 2.24) is 0 Å². The Balaban J connectivity index is 2.12. The van der Waals surface area contributed by atoms with Crippen molar-refractivity contribution < 1.29 is 0 Å². The molecule has 0 saturated heterocycles. The summed E-state index contributed by atoms with van der Waals surface area (Å²) in [5.41, 5.74) is 3.88. The van der Waals surface area contributed by atoms with Crippen LogP contribution in [0.2, 0.25) is 0 Å². The van der Waals surface area contributed by atoms with Crippen LogP contribution in [0, 0.1) is 0 Å². The lowest BCUT2D eigenvalue weighted by molar-refractivity contribution is 0.842. The smallest absolute Gasteiger partial charge is 0.0529 e. The lowest BCUT2D eigenvalue weighted by Gasteiger charge is -2.24. The molecule has 0 bridgehead atoms. The van der Waals surface area contributed by atoms with Gasteiger partial charge in [-0.3, -0.25) is 0 Å². The van der Waals surface area contributed by atoms with Crippen molar-refractivity contribution in [2.45, 2.75) is 29.6 Å². The van der Waals surface area contributed by atoms with Gasteiger partial charge >= 0.3 is 0 Å². The summed E-state index contributed by atoms with van der Waals surface area (Å²) in [4.78, 5) is 2.69. The number of nitrogens with one attached hydrogen (secondary N) is 1. The first-order chi connectivity index (χ1) is 8.25. The van der Waals surface area contributed by atoms with Gasteiger partial charge < -0.3 is 5.32 Å². The third kappa shape index (κ3) is 1.83. The maximum absolute atomic E-state index is 3.51. The fraction of sp³-hybridized carbons (Fsp3) is 0.200. The molecule has 0 aromatic heterocycles. The Labute approximate surface area is 106 Å². The molecular weight excluding hydrogens is 226 g/mol. The van der Waals surface area contributed by atoms with Gasteiger partial charge in [-0.05, 0) is 29.7 Å². The van der Waals surface area contributed by atoms with E-state index in [4.69, 9.17) is 0 Å². The van der Waals surface area contributed by atoms with Gasteiger partial charge in [0.2, 0.25) is 0 Å². The van der Waals surface area contributed by atoms with Crippen LogP contribution in [-0.4, -0.2) is 0 Å². The van der Waals surface area contributed by atoms with Crippen LogP contribution in [0.1, 0.15) is 25.3 Å². The second kappa shape index (κ2) is 4.11. The standard InChI is InChI=1S/C15H15NS/c1-10(2)11-6-5-8-13-15(11)17-14-9-4-3-7-12(14)16-13/h3-10,16H,1-2H3. The first-order valence-electron chi connectivity index (χ1n) is 5.92. The molecule has 0 saturated carbocycles. The highest BCUT2D eigenvalue weighted by atomic mass is 32.2. The van der Waals surface area contributed by atoms with Crippen molar-refractivity contribution in [3.05, 3.63) is 48.0 Å². The normalized spacial score (nSPS) is 12.9. The van der Waals surface area contributed by atoms with Crippen molar-refractivity contribution in [3.8, 4) is 0 Å². The molecule has 2 heteroatoms. The molecule has 0 radical (unpaired) electrons. The van der Waals surface area contributed by atoms with Crippen LogP contribution < -0.4 is 5.32 Å². The summed E-state index contributed by atoms with van der Waals surface area (Å²) in [7, 11) is 0. The summed E-state index contributed by atoms with van der Waals surface area (Å²) in [5.74, 6) is 0.560. The minimum atomic E-state index is 0.560. The number of hydrogen-bond acceptors (Lipinski definition) is 2. The van der Waals surface area contributed by atoms with E-state index in [0.717, 1.165) is 0 Å². The lowest BCUT2D eigenvalue weighted by Crippen LogP contribution is -2.02. The summed E-state index contributed by atoms with van der Waals surface area (Å²) in [6.07, 6.45) is 0. The second-order valence-corrected chi connectivity index (χ2v) is 5.65. The van der Waals surface area contributed by atoms with Crippen LogP contribution in [0.15, 0.2) is 52.3 Å². The molecule has 0 aliphatic carbocycles. The molecule has 0 spiro atoms. The number of anilines is 2. The predicted molar refractivity (Wildman–Crippen MR) is 74.4 cm³/mol. The molecule has 3 rings (SSSR count). The molecule has 1 aliphatic rings. The van der Waals surface area contributed by atoms with Crippen LogP contribution in [-0.2, 0) is 0 Å². The quantitative estimate of drug-likeness (QED) is 0.642. The molecule has 86 valence electrons. The number of rotatable bonds is 1. The Morgan fingerprint density at radius 2 is 1.71 bits per heavy atom. The van der Waals surface area contributed by atoms with E-state index in [9.17, 15) is 0 Å². The van der Waals surface area contributed by atoms with Crippen LogP contribution in [0.4, 0.5) is 11.4 Å². The van der Waals surface area contributed by atoms with E-state index in [1.807, 2.05) is 11.8 Å². The van der Waals surface area contributed by atoms with E-state index in [-0.39, 0.29) is 0 Å². The van der Waals surface area contributed by atoms with Crippen molar-refractivity contribution in [2.24, 2.45) is 0 Å². The van der Waals surface area contributed by atoms with Gasteiger partial charge in [0.05, 0.1) is 11.4 Å². The minimum absolute atomic E-state index is 0.560. The highest BCUT2D eigenvalue weighted by Gasteiger charge is 2.18. The molecule has 1 N–H and O–H groups in total. The average Bonchev–Trinajstić information content (AvgIpc) is 2.35. The van der Waals surface area contributed by atoms with Crippen molar-refractivity contribution >= 4 is 23.1 Å². The van der Waals surface area contributed by atoms with Gasteiger partial charge in [0, 0.05) is 9.79 Å². The molecule has 0 atom stereocenters. The number of fused-ring (bicyclic) bond motifs is 2. The van der Waals surface area contributed by atoms with Crippen molar-refractivity contribution in [3.63, 3.8) is 0 Å². The number of benzene rings is 2. The summed E-state index contributed by atoms with van der Waals surface area (Å²) in [6.45, 7) is 4.49. The fourth-order valence-electron chi connectivity index (χ4n) is 2.14. The van der Waals surface area contributed by atoms with Crippen molar-refractivity contribution in [2.75, 3.05) is 5.32 Å². The third-order valence-corrected chi connectivity index (χ3v) is 4.27. The van der Waals surface area contributed by atoms with Crippen LogP contribution >= 0.6 is 11.8 Å². The van der Waals surface area contributed by atoms with Crippen LogP contribution in [0.25, 0.3) is 0 Å². The first kappa shape index (κ1) is 10.7. The summed E-state index contributed by atoms with van der Waals surface area (Å²) >= 11 is 1.87. The van der Waals surface area contributed by atoms with E-state index >= 15 is 0 Å².